The highest BCUT2D eigenvalue weighted by molar-refractivity contribution is 5.97. The number of aromatic nitrogens is 3. The molecular formula is C23H19N5O5. The number of anilines is 1. The van der Waals surface area contributed by atoms with Crippen molar-refractivity contribution in [2.75, 3.05) is 5.32 Å². The number of hydrogen-bond donors (Lipinski definition) is 1. The van der Waals surface area contributed by atoms with Crippen molar-refractivity contribution in [3.8, 4) is 0 Å². The first-order valence-corrected chi connectivity index (χ1v) is 10.0. The molecule has 4 aromatic rings. The molecule has 1 N–H and O–H groups in total. The number of nitrogens with zero attached hydrogens (tertiary/aromatic N) is 4. The number of esters is 1. The van der Waals surface area contributed by atoms with Gasteiger partial charge in [-0.3, -0.25) is 19.7 Å². The maximum atomic E-state index is 13.1. The van der Waals surface area contributed by atoms with Crippen LogP contribution in [-0.2, 0) is 20.9 Å². The molecule has 1 amide bonds. The third kappa shape index (κ3) is 4.85. The number of amides is 1. The van der Waals surface area contributed by atoms with Gasteiger partial charge in [0.25, 0.3) is 11.6 Å². The van der Waals surface area contributed by atoms with Gasteiger partial charge in [0, 0.05) is 11.6 Å². The number of hydrogen-bond acceptors (Lipinski definition) is 7. The predicted molar refractivity (Wildman–Crippen MR) is 119 cm³/mol. The quantitative estimate of drug-likeness (QED) is 0.261. The number of nitro groups is 1. The van der Waals surface area contributed by atoms with Gasteiger partial charge in [0.15, 0.2) is 0 Å². The van der Waals surface area contributed by atoms with Crippen LogP contribution in [0.4, 0.5) is 11.4 Å². The van der Waals surface area contributed by atoms with E-state index in [9.17, 15) is 19.7 Å². The minimum Gasteiger partial charge on any atom is -0.446 e. The van der Waals surface area contributed by atoms with Gasteiger partial charge < -0.3 is 10.1 Å². The van der Waals surface area contributed by atoms with Gasteiger partial charge in [0.2, 0.25) is 6.10 Å². The molecule has 4 rings (SSSR count). The second-order valence-corrected chi connectivity index (χ2v) is 7.28. The number of nitrogens with one attached hydrogen (secondary N) is 1. The molecule has 0 saturated carbocycles. The Labute approximate surface area is 187 Å². The SMILES string of the molecule is Cc1ccc(NC(=O)C(OC(=O)Cn2nnc3ccccc32)c2ccccc2)c([N+](=O)[O-])c1. The van der Waals surface area contributed by atoms with Gasteiger partial charge in [-0.05, 0) is 30.7 Å². The Morgan fingerprint density at radius 3 is 2.58 bits per heavy atom. The minimum atomic E-state index is -1.32. The highest BCUT2D eigenvalue weighted by Gasteiger charge is 2.27. The summed E-state index contributed by atoms with van der Waals surface area (Å²) in [6.45, 7) is 1.45. The molecule has 1 aromatic heterocycles. The molecule has 1 unspecified atom stereocenters. The summed E-state index contributed by atoms with van der Waals surface area (Å²) in [5.41, 5.74) is 2.11. The van der Waals surface area contributed by atoms with Gasteiger partial charge in [0.1, 0.15) is 17.7 Å². The molecule has 0 aliphatic rings. The number of aryl methyl sites for hydroxylation is 1. The van der Waals surface area contributed by atoms with Gasteiger partial charge in [-0.15, -0.1) is 5.10 Å². The van der Waals surface area contributed by atoms with Crippen LogP contribution in [0.1, 0.15) is 17.2 Å². The number of ether oxygens (including phenoxy) is 1. The molecule has 166 valence electrons. The summed E-state index contributed by atoms with van der Waals surface area (Å²) in [6, 6.07) is 20.0. The van der Waals surface area contributed by atoms with Crippen LogP contribution in [-0.4, -0.2) is 31.8 Å². The lowest BCUT2D eigenvalue weighted by molar-refractivity contribution is -0.384. The summed E-state index contributed by atoms with van der Waals surface area (Å²) in [5.74, 6) is -1.43. The summed E-state index contributed by atoms with van der Waals surface area (Å²) >= 11 is 0. The van der Waals surface area contributed by atoms with E-state index in [-0.39, 0.29) is 17.9 Å². The zero-order valence-electron chi connectivity index (χ0n) is 17.5. The predicted octanol–water partition coefficient (Wildman–Crippen LogP) is 3.57. The molecular weight excluding hydrogens is 426 g/mol. The molecule has 0 aliphatic heterocycles. The van der Waals surface area contributed by atoms with E-state index in [1.54, 1.807) is 67.6 Å². The lowest BCUT2D eigenvalue weighted by atomic mass is 10.1. The number of fused-ring (bicyclic) bond motifs is 1. The Kier molecular flexibility index (Phi) is 6.07. The van der Waals surface area contributed by atoms with E-state index in [4.69, 9.17) is 4.74 Å². The molecule has 0 aliphatic carbocycles. The van der Waals surface area contributed by atoms with Crippen molar-refractivity contribution in [1.82, 2.24) is 15.0 Å². The van der Waals surface area contributed by atoms with E-state index in [2.05, 4.69) is 15.6 Å². The summed E-state index contributed by atoms with van der Waals surface area (Å²) in [4.78, 5) is 36.6. The fourth-order valence-electron chi connectivity index (χ4n) is 3.32. The van der Waals surface area contributed by atoms with E-state index >= 15 is 0 Å². The maximum Gasteiger partial charge on any atom is 0.328 e. The fraction of sp³-hybridized carbons (Fsp3) is 0.130. The Morgan fingerprint density at radius 1 is 1.09 bits per heavy atom. The smallest absolute Gasteiger partial charge is 0.328 e. The third-order valence-electron chi connectivity index (χ3n) is 4.90. The Bertz CT molecular complexity index is 1340. The van der Waals surface area contributed by atoms with E-state index < -0.39 is 22.9 Å². The Hall–Kier alpha value is -4.60. The van der Waals surface area contributed by atoms with Gasteiger partial charge in [-0.2, -0.15) is 0 Å². The van der Waals surface area contributed by atoms with Gasteiger partial charge in [0.05, 0.1) is 10.4 Å². The Morgan fingerprint density at radius 2 is 1.82 bits per heavy atom. The maximum absolute atomic E-state index is 13.1. The van der Waals surface area contributed by atoms with E-state index in [1.165, 1.54) is 16.8 Å². The largest absolute Gasteiger partial charge is 0.446 e. The van der Waals surface area contributed by atoms with Crippen LogP contribution in [0.5, 0.6) is 0 Å². The Balaban J connectivity index is 1.57. The van der Waals surface area contributed by atoms with Crippen molar-refractivity contribution in [2.24, 2.45) is 0 Å². The standard InChI is InChI=1S/C23H19N5O5/c1-15-11-12-17(20(13-15)28(31)32)24-23(30)22(16-7-3-2-4-8-16)33-21(29)14-27-19-10-6-5-9-18(19)25-26-27/h2-13,22H,14H2,1H3,(H,24,30). The molecule has 33 heavy (non-hydrogen) atoms. The molecule has 0 spiro atoms. The van der Waals surface area contributed by atoms with Crippen molar-refractivity contribution in [1.29, 1.82) is 0 Å². The van der Waals surface area contributed by atoms with Crippen LogP contribution in [0, 0.1) is 17.0 Å². The summed E-state index contributed by atoms with van der Waals surface area (Å²) in [5, 5.41) is 21.9. The first kappa shape index (κ1) is 21.6. The molecule has 3 aromatic carbocycles. The first-order chi connectivity index (χ1) is 15.9. The van der Waals surface area contributed by atoms with Gasteiger partial charge in [-0.25, -0.2) is 4.68 Å². The lowest BCUT2D eigenvalue weighted by Crippen LogP contribution is -2.27. The highest BCUT2D eigenvalue weighted by Crippen LogP contribution is 2.28. The number of benzene rings is 3. The molecule has 10 nitrogen and oxygen atoms in total. The lowest BCUT2D eigenvalue weighted by Gasteiger charge is -2.18. The molecule has 10 heteroatoms. The van der Waals surface area contributed by atoms with Crippen LogP contribution < -0.4 is 5.32 Å². The molecule has 0 radical (unpaired) electrons. The van der Waals surface area contributed by atoms with Crippen molar-refractivity contribution < 1.29 is 19.2 Å². The van der Waals surface area contributed by atoms with Gasteiger partial charge in [-0.1, -0.05) is 53.7 Å². The zero-order valence-corrected chi connectivity index (χ0v) is 17.5. The number of para-hydroxylation sites is 1. The third-order valence-corrected chi connectivity index (χ3v) is 4.90. The average Bonchev–Trinajstić information content (AvgIpc) is 3.21. The van der Waals surface area contributed by atoms with Crippen molar-refractivity contribution in [2.45, 2.75) is 19.6 Å². The summed E-state index contributed by atoms with van der Waals surface area (Å²) in [6.07, 6.45) is -1.32. The first-order valence-electron chi connectivity index (χ1n) is 10.0. The van der Waals surface area contributed by atoms with Crippen molar-refractivity contribution >= 4 is 34.3 Å². The van der Waals surface area contributed by atoms with E-state index in [0.29, 0.717) is 22.2 Å². The summed E-state index contributed by atoms with van der Waals surface area (Å²) in [7, 11) is 0. The van der Waals surface area contributed by atoms with Crippen molar-refractivity contribution in [3.05, 3.63) is 94.0 Å². The zero-order chi connectivity index (χ0) is 23.4. The normalized spacial score (nSPS) is 11.7. The molecule has 1 heterocycles. The monoisotopic (exact) mass is 445 g/mol. The van der Waals surface area contributed by atoms with Crippen LogP contribution in [0.25, 0.3) is 11.0 Å². The number of nitro benzene ring substituents is 1. The number of rotatable bonds is 7. The number of carbonyl (C=O) groups excluding carboxylic acids is 2. The topological polar surface area (TPSA) is 129 Å². The van der Waals surface area contributed by atoms with Gasteiger partial charge >= 0.3 is 5.97 Å². The molecule has 0 bridgehead atoms. The molecule has 1 atom stereocenters. The second-order valence-electron chi connectivity index (χ2n) is 7.28. The molecule has 0 fully saturated rings. The highest BCUT2D eigenvalue weighted by atomic mass is 16.6. The van der Waals surface area contributed by atoms with E-state index in [1.807, 2.05) is 0 Å². The van der Waals surface area contributed by atoms with Crippen molar-refractivity contribution in [3.63, 3.8) is 0 Å². The number of carbonyl (C=O) groups is 2. The molecule has 0 saturated heterocycles. The van der Waals surface area contributed by atoms with E-state index in [0.717, 1.165) is 0 Å². The second kappa shape index (κ2) is 9.27. The fourth-order valence-corrected chi connectivity index (χ4v) is 3.32. The van der Waals surface area contributed by atoms with Crippen LogP contribution >= 0.6 is 0 Å². The van der Waals surface area contributed by atoms with Crippen LogP contribution in [0.15, 0.2) is 72.8 Å². The van der Waals surface area contributed by atoms with Crippen LogP contribution in [0.3, 0.4) is 0 Å². The van der Waals surface area contributed by atoms with Crippen LogP contribution in [0.2, 0.25) is 0 Å². The minimum absolute atomic E-state index is 0.00912. The average molecular weight is 445 g/mol. The summed E-state index contributed by atoms with van der Waals surface area (Å²) < 4.78 is 6.88.